The Kier molecular flexibility index (Phi) is 6.36. The summed E-state index contributed by atoms with van der Waals surface area (Å²) in [4.78, 5) is 12.2. The van der Waals surface area contributed by atoms with Gasteiger partial charge in [0.15, 0.2) is 0 Å². The molecular formula is C15H24N2O3S. The van der Waals surface area contributed by atoms with Crippen LogP contribution in [-0.4, -0.2) is 37.8 Å². The van der Waals surface area contributed by atoms with Crippen LogP contribution in [0.4, 0.5) is 0 Å². The minimum Gasteiger partial charge on any atom is -0.350 e. The normalized spacial score (nSPS) is 13.2. The number of nitrogens with one attached hydrogen (secondary N) is 1. The van der Waals surface area contributed by atoms with Crippen LogP contribution in [0.2, 0.25) is 0 Å². The maximum atomic E-state index is 12.4. The summed E-state index contributed by atoms with van der Waals surface area (Å²) in [7, 11) is -3.54. The fourth-order valence-corrected chi connectivity index (χ4v) is 3.42. The number of carbonyl (C=O) groups excluding carboxylic acids is 1. The molecule has 0 bridgehead atoms. The molecule has 0 aromatic heterocycles. The van der Waals surface area contributed by atoms with Crippen molar-refractivity contribution in [2.45, 2.75) is 45.1 Å². The first-order chi connectivity index (χ1) is 9.86. The second-order valence-electron chi connectivity index (χ2n) is 4.90. The number of hydrogen-bond donors (Lipinski definition) is 1. The number of benzene rings is 1. The van der Waals surface area contributed by atoms with E-state index in [-0.39, 0.29) is 16.8 Å². The molecular weight excluding hydrogens is 288 g/mol. The molecule has 1 aromatic rings. The van der Waals surface area contributed by atoms with Gasteiger partial charge in [-0.25, -0.2) is 8.42 Å². The molecule has 0 aliphatic heterocycles. The summed E-state index contributed by atoms with van der Waals surface area (Å²) in [6, 6.07) is 6.24. The van der Waals surface area contributed by atoms with Crippen LogP contribution in [0.25, 0.3) is 0 Å². The van der Waals surface area contributed by atoms with Crippen LogP contribution in [0, 0.1) is 0 Å². The highest BCUT2D eigenvalue weighted by molar-refractivity contribution is 7.89. The van der Waals surface area contributed by atoms with Gasteiger partial charge in [-0.1, -0.05) is 26.8 Å². The number of carbonyl (C=O) groups is 1. The molecule has 1 aromatic carbocycles. The van der Waals surface area contributed by atoms with Crippen molar-refractivity contribution < 1.29 is 13.2 Å². The highest BCUT2D eigenvalue weighted by Crippen LogP contribution is 2.17. The van der Waals surface area contributed by atoms with Crippen molar-refractivity contribution >= 4 is 15.9 Å². The smallest absolute Gasteiger partial charge is 0.251 e. The molecule has 1 amide bonds. The van der Waals surface area contributed by atoms with E-state index in [1.54, 1.807) is 26.0 Å². The van der Waals surface area contributed by atoms with E-state index < -0.39 is 10.0 Å². The minimum absolute atomic E-state index is 0.0561. The van der Waals surface area contributed by atoms with Gasteiger partial charge in [-0.05, 0) is 31.5 Å². The second-order valence-corrected chi connectivity index (χ2v) is 6.84. The Hall–Kier alpha value is -1.40. The molecule has 118 valence electrons. The average molecular weight is 312 g/mol. The van der Waals surface area contributed by atoms with Crippen LogP contribution in [0.15, 0.2) is 29.2 Å². The molecule has 1 N–H and O–H groups in total. The lowest BCUT2D eigenvalue weighted by Crippen LogP contribution is -2.33. The van der Waals surface area contributed by atoms with Gasteiger partial charge in [0.2, 0.25) is 10.0 Å². The van der Waals surface area contributed by atoms with E-state index in [1.165, 1.54) is 16.4 Å². The summed E-state index contributed by atoms with van der Waals surface area (Å²) in [6.07, 6.45) is 0.823. The van der Waals surface area contributed by atoms with Crippen molar-refractivity contribution in [1.82, 2.24) is 9.62 Å². The van der Waals surface area contributed by atoms with Gasteiger partial charge in [-0.2, -0.15) is 4.31 Å². The van der Waals surface area contributed by atoms with Gasteiger partial charge in [0, 0.05) is 24.7 Å². The number of hydrogen-bond acceptors (Lipinski definition) is 3. The predicted molar refractivity (Wildman–Crippen MR) is 83.8 cm³/mol. The SMILES string of the molecule is CC[C@@H](C)NC(=O)c1cccc(S(=O)(=O)N(CC)CC)c1. The lowest BCUT2D eigenvalue weighted by Gasteiger charge is -2.19. The van der Waals surface area contributed by atoms with Gasteiger partial charge < -0.3 is 5.32 Å². The molecule has 0 fully saturated rings. The minimum atomic E-state index is -3.54. The van der Waals surface area contributed by atoms with Gasteiger partial charge in [0.25, 0.3) is 5.91 Å². The Morgan fingerprint density at radius 3 is 2.38 bits per heavy atom. The molecule has 0 spiro atoms. The highest BCUT2D eigenvalue weighted by atomic mass is 32.2. The van der Waals surface area contributed by atoms with E-state index in [2.05, 4.69) is 5.32 Å². The molecule has 6 heteroatoms. The maximum absolute atomic E-state index is 12.4. The summed E-state index contributed by atoms with van der Waals surface area (Å²) in [6.45, 7) is 8.28. The van der Waals surface area contributed by atoms with Gasteiger partial charge in [-0.3, -0.25) is 4.79 Å². The maximum Gasteiger partial charge on any atom is 0.251 e. The zero-order chi connectivity index (χ0) is 16.0. The highest BCUT2D eigenvalue weighted by Gasteiger charge is 2.22. The monoisotopic (exact) mass is 312 g/mol. The summed E-state index contributed by atoms with van der Waals surface area (Å²) < 4.78 is 26.3. The second kappa shape index (κ2) is 7.56. The lowest BCUT2D eigenvalue weighted by molar-refractivity contribution is 0.0939. The van der Waals surface area contributed by atoms with E-state index in [9.17, 15) is 13.2 Å². The summed E-state index contributed by atoms with van der Waals surface area (Å²) >= 11 is 0. The first-order valence-electron chi connectivity index (χ1n) is 7.27. The standard InChI is InChI=1S/C15H24N2O3S/c1-5-12(4)16-15(18)13-9-8-10-14(11-13)21(19,20)17(6-2)7-3/h8-12H,5-7H2,1-4H3,(H,16,18)/t12-/m1/s1. The third kappa shape index (κ3) is 4.28. The number of amides is 1. The molecule has 0 aliphatic carbocycles. The first-order valence-corrected chi connectivity index (χ1v) is 8.71. The predicted octanol–water partition coefficient (Wildman–Crippen LogP) is 2.25. The molecule has 0 unspecified atom stereocenters. The van der Waals surface area contributed by atoms with Crippen molar-refractivity contribution in [3.05, 3.63) is 29.8 Å². The van der Waals surface area contributed by atoms with Crippen LogP contribution in [0.5, 0.6) is 0 Å². The van der Waals surface area contributed by atoms with Crippen LogP contribution in [-0.2, 0) is 10.0 Å². The van der Waals surface area contributed by atoms with Gasteiger partial charge in [0.05, 0.1) is 4.90 Å². The van der Waals surface area contributed by atoms with E-state index in [0.717, 1.165) is 6.42 Å². The van der Waals surface area contributed by atoms with Crippen LogP contribution < -0.4 is 5.32 Å². The van der Waals surface area contributed by atoms with Gasteiger partial charge in [-0.15, -0.1) is 0 Å². The molecule has 21 heavy (non-hydrogen) atoms. The van der Waals surface area contributed by atoms with E-state index in [4.69, 9.17) is 0 Å². The molecule has 5 nitrogen and oxygen atoms in total. The van der Waals surface area contributed by atoms with Crippen molar-refractivity contribution in [3.8, 4) is 0 Å². The van der Waals surface area contributed by atoms with Crippen LogP contribution in [0.3, 0.4) is 0 Å². The fourth-order valence-electron chi connectivity index (χ4n) is 1.92. The van der Waals surface area contributed by atoms with Gasteiger partial charge in [0.1, 0.15) is 0 Å². The molecule has 0 aliphatic rings. The Balaban J connectivity index is 3.08. The van der Waals surface area contributed by atoms with Crippen molar-refractivity contribution in [2.24, 2.45) is 0 Å². The third-order valence-electron chi connectivity index (χ3n) is 3.43. The summed E-state index contributed by atoms with van der Waals surface area (Å²) in [5.41, 5.74) is 0.364. The molecule has 1 atom stereocenters. The fraction of sp³-hybridized carbons (Fsp3) is 0.533. The quantitative estimate of drug-likeness (QED) is 0.839. The van der Waals surface area contributed by atoms with Crippen LogP contribution >= 0.6 is 0 Å². The van der Waals surface area contributed by atoms with Crippen molar-refractivity contribution in [3.63, 3.8) is 0 Å². The Labute approximate surface area is 127 Å². The molecule has 0 saturated carbocycles. The largest absolute Gasteiger partial charge is 0.350 e. The third-order valence-corrected chi connectivity index (χ3v) is 5.48. The number of sulfonamides is 1. The van der Waals surface area contributed by atoms with E-state index in [0.29, 0.717) is 18.7 Å². The lowest BCUT2D eigenvalue weighted by atomic mass is 10.2. The Morgan fingerprint density at radius 1 is 1.24 bits per heavy atom. The first kappa shape index (κ1) is 17.7. The van der Waals surface area contributed by atoms with E-state index >= 15 is 0 Å². The van der Waals surface area contributed by atoms with E-state index in [1.807, 2.05) is 13.8 Å². The molecule has 0 radical (unpaired) electrons. The Bertz CT molecular complexity index is 580. The number of rotatable bonds is 7. The topological polar surface area (TPSA) is 66.5 Å². The summed E-state index contributed by atoms with van der Waals surface area (Å²) in [5.74, 6) is -0.249. The molecule has 1 rings (SSSR count). The zero-order valence-electron chi connectivity index (χ0n) is 13.1. The average Bonchev–Trinajstić information content (AvgIpc) is 2.48. The summed E-state index contributed by atoms with van der Waals surface area (Å²) in [5, 5.41) is 2.83. The van der Waals surface area contributed by atoms with Crippen LogP contribution in [0.1, 0.15) is 44.5 Å². The molecule has 0 saturated heterocycles. The zero-order valence-corrected chi connectivity index (χ0v) is 13.9. The van der Waals surface area contributed by atoms with Crippen molar-refractivity contribution in [1.29, 1.82) is 0 Å². The van der Waals surface area contributed by atoms with Gasteiger partial charge >= 0.3 is 0 Å². The molecule has 0 heterocycles. The Morgan fingerprint density at radius 2 is 1.86 bits per heavy atom. The number of nitrogens with zero attached hydrogens (tertiary/aromatic N) is 1. The van der Waals surface area contributed by atoms with Crippen molar-refractivity contribution in [2.75, 3.05) is 13.1 Å².